The van der Waals surface area contributed by atoms with Crippen LogP contribution < -0.4 is 10.5 Å². The third-order valence-corrected chi connectivity index (χ3v) is 4.39. The molecule has 0 saturated carbocycles. The predicted molar refractivity (Wildman–Crippen MR) is 70.4 cm³/mol. The number of anilines is 1. The number of ether oxygens (including phenoxy) is 1. The Bertz CT molecular complexity index is 559. The molecule has 0 bridgehead atoms. The van der Waals surface area contributed by atoms with Gasteiger partial charge in [-0.3, -0.25) is 4.79 Å². The van der Waals surface area contributed by atoms with Crippen LogP contribution in [0.3, 0.4) is 0 Å². The first-order chi connectivity index (χ1) is 8.27. The van der Waals surface area contributed by atoms with E-state index in [2.05, 4.69) is 25.4 Å². The molecule has 6 nitrogen and oxygen atoms in total. The summed E-state index contributed by atoms with van der Waals surface area (Å²) >= 11 is 3.14. The van der Waals surface area contributed by atoms with Gasteiger partial charge in [-0.2, -0.15) is 4.72 Å². The molecule has 0 aliphatic rings. The molecule has 1 aromatic carbocycles. The van der Waals surface area contributed by atoms with Gasteiger partial charge in [0.05, 0.1) is 12.0 Å². The third-order valence-electron chi connectivity index (χ3n) is 2.17. The molecule has 3 N–H and O–H groups in total. The Morgan fingerprint density at radius 3 is 2.61 bits per heavy atom. The summed E-state index contributed by atoms with van der Waals surface area (Å²) in [5.74, 6) is -0.659. The van der Waals surface area contributed by atoms with Crippen LogP contribution in [0, 0.1) is 0 Å². The van der Waals surface area contributed by atoms with Gasteiger partial charge in [0.15, 0.2) is 0 Å². The summed E-state index contributed by atoms with van der Waals surface area (Å²) in [7, 11) is -2.60. The van der Waals surface area contributed by atoms with Gasteiger partial charge in [-0.15, -0.1) is 0 Å². The minimum Gasteiger partial charge on any atom is -0.468 e. The number of nitrogen functional groups attached to an aromatic ring is 1. The zero-order valence-corrected chi connectivity index (χ0v) is 12.2. The fourth-order valence-electron chi connectivity index (χ4n) is 1.20. The number of methoxy groups -OCH3 is 1. The van der Waals surface area contributed by atoms with Gasteiger partial charge in [0.1, 0.15) is 6.04 Å². The van der Waals surface area contributed by atoms with Gasteiger partial charge in [0.2, 0.25) is 10.0 Å². The highest BCUT2D eigenvalue weighted by Gasteiger charge is 2.22. The second-order valence-electron chi connectivity index (χ2n) is 3.55. The maximum Gasteiger partial charge on any atom is 0.323 e. The lowest BCUT2D eigenvalue weighted by molar-refractivity contribution is -0.142. The first-order valence-electron chi connectivity index (χ1n) is 4.93. The molecule has 0 heterocycles. The van der Waals surface area contributed by atoms with Crippen molar-refractivity contribution in [3.8, 4) is 0 Å². The number of carbonyl (C=O) groups is 1. The number of nitrogens with one attached hydrogen (secondary N) is 1. The predicted octanol–water partition coefficient (Wildman–Crippen LogP) is 0.871. The molecular formula is C10H13BrN2O4S. The highest BCUT2D eigenvalue weighted by molar-refractivity contribution is 9.10. The quantitative estimate of drug-likeness (QED) is 0.628. The zero-order valence-electron chi connectivity index (χ0n) is 9.81. The number of halogens is 1. The smallest absolute Gasteiger partial charge is 0.323 e. The summed E-state index contributed by atoms with van der Waals surface area (Å²) in [6.07, 6.45) is 0. The number of sulfonamides is 1. The molecule has 0 spiro atoms. The van der Waals surface area contributed by atoms with E-state index < -0.39 is 22.0 Å². The fourth-order valence-corrected chi connectivity index (χ4v) is 2.95. The van der Waals surface area contributed by atoms with E-state index in [0.717, 1.165) is 0 Å². The van der Waals surface area contributed by atoms with Crippen LogP contribution in [0.15, 0.2) is 27.6 Å². The number of rotatable bonds is 4. The number of carbonyl (C=O) groups excluding carboxylic acids is 1. The molecule has 0 aliphatic heterocycles. The third kappa shape index (κ3) is 3.44. The Morgan fingerprint density at radius 1 is 1.50 bits per heavy atom. The Labute approximate surface area is 114 Å². The van der Waals surface area contributed by atoms with Crippen molar-refractivity contribution in [1.29, 1.82) is 0 Å². The van der Waals surface area contributed by atoms with Crippen LogP contribution in [0.25, 0.3) is 0 Å². The van der Waals surface area contributed by atoms with Crippen molar-refractivity contribution in [3.05, 3.63) is 22.7 Å². The second kappa shape index (κ2) is 5.68. The van der Waals surface area contributed by atoms with Gasteiger partial charge in [-0.25, -0.2) is 8.42 Å². The molecule has 18 heavy (non-hydrogen) atoms. The monoisotopic (exact) mass is 336 g/mol. The van der Waals surface area contributed by atoms with E-state index in [0.29, 0.717) is 10.2 Å². The van der Waals surface area contributed by atoms with E-state index in [1.54, 1.807) is 0 Å². The molecule has 0 aromatic heterocycles. The van der Waals surface area contributed by atoms with Crippen LogP contribution in [0.1, 0.15) is 6.92 Å². The van der Waals surface area contributed by atoms with Crippen molar-refractivity contribution >= 4 is 37.6 Å². The van der Waals surface area contributed by atoms with Crippen molar-refractivity contribution in [2.75, 3.05) is 12.8 Å². The van der Waals surface area contributed by atoms with Gasteiger partial charge in [0.25, 0.3) is 0 Å². The second-order valence-corrected chi connectivity index (χ2v) is 6.12. The molecule has 1 rings (SSSR count). The van der Waals surface area contributed by atoms with E-state index in [9.17, 15) is 13.2 Å². The Hall–Kier alpha value is -1.12. The highest BCUT2D eigenvalue weighted by Crippen LogP contribution is 2.23. The van der Waals surface area contributed by atoms with E-state index >= 15 is 0 Å². The number of hydrogen-bond acceptors (Lipinski definition) is 5. The van der Waals surface area contributed by atoms with Crippen LogP contribution in [-0.4, -0.2) is 27.5 Å². The molecule has 0 amide bonds. The van der Waals surface area contributed by atoms with Gasteiger partial charge in [0, 0.05) is 10.2 Å². The summed E-state index contributed by atoms with van der Waals surface area (Å²) in [6, 6.07) is 3.21. The van der Waals surface area contributed by atoms with Gasteiger partial charge in [-0.05, 0) is 41.1 Å². The maximum absolute atomic E-state index is 11.9. The Balaban J connectivity index is 3.00. The number of hydrogen-bond donors (Lipinski definition) is 2. The Morgan fingerprint density at radius 2 is 2.11 bits per heavy atom. The molecule has 1 unspecified atom stereocenters. The summed E-state index contributed by atoms with van der Waals surface area (Å²) in [6.45, 7) is 1.40. The Kier molecular flexibility index (Phi) is 4.71. The molecule has 0 saturated heterocycles. The average Bonchev–Trinajstić information content (AvgIpc) is 2.30. The van der Waals surface area contributed by atoms with Crippen molar-refractivity contribution in [2.45, 2.75) is 17.9 Å². The van der Waals surface area contributed by atoms with Crippen LogP contribution in [0.5, 0.6) is 0 Å². The van der Waals surface area contributed by atoms with Crippen molar-refractivity contribution < 1.29 is 17.9 Å². The van der Waals surface area contributed by atoms with Crippen LogP contribution in [-0.2, 0) is 19.6 Å². The normalized spacial score (nSPS) is 13.1. The zero-order chi connectivity index (χ0) is 13.9. The van der Waals surface area contributed by atoms with Crippen LogP contribution in [0.2, 0.25) is 0 Å². The van der Waals surface area contributed by atoms with Gasteiger partial charge >= 0.3 is 5.97 Å². The standard InChI is InChI=1S/C10H13BrN2O4S/c1-6(10(14)17-2)13-18(15,16)7-3-4-9(12)8(11)5-7/h3-6,13H,12H2,1-2H3. The summed E-state index contributed by atoms with van der Waals surface area (Å²) in [5, 5.41) is 0. The van der Waals surface area contributed by atoms with Gasteiger partial charge in [-0.1, -0.05) is 0 Å². The molecule has 1 atom stereocenters. The first-order valence-corrected chi connectivity index (χ1v) is 7.20. The van der Waals surface area contributed by atoms with Gasteiger partial charge < -0.3 is 10.5 Å². The van der Waals surface area contributed by atoms with Crippen LogP contribution >= 0.6 is 15.9 Å². The molecule has 1 aromatic rings. The van der Waals surface area contributed by atoms with Crippen LogP contribution in [0.4, 0.5) is 5.69 Å². The molecular weight excluding hydrogens is 324 g/mol. The highest BCUT2D eigenvalue weighted by atomic mass is 79.9. The van der Waals surface area contributed by atoms with Crippen molar-refractivity contribution in [2.24, 2.45) is 0 Å². The lowest BCUT2D eigenvalue weighted by atomic mass is 10.3. The van der Waals surface area contributed by atoms with E-state index in [1.165, 1.54) is 32.2 Å². The van der Waals surface area contributed by atoms with Crippen molar-refractivity contribution in [3.63, 3.8) is 0 Å². The molecule has 100 valence electrons. The summed E-state index contributed by atoms with van der Waals surface area (Å²) < 4.78 is 31.0. The van der Waals surface area contributed by atoms with E-state index in [-0.39, 0.29) is 4.90 Å². The number of esters is 1. The van der Waals surface area contributed by atoms with E-state index in [1.807, 2.05) is 0 Å². The molecule has 0 aliphatic carbocycles. The topological polar surface area (TPSA) is 98.5 Å². The molecule has 0 fully saturated rings. The fraction of sp³-hybridized carbons (Fsp3) is 0.300. The first kappa shape index (κ1) is 14.9. The lowest BCUT2D eigenvalue weighted by Crippen LogP contribution is -2.39. The number of benzene rings is 1. The number of nitrogens with two attached hydrogens (primary N) is 1. The SMILES string of the molecule is COC(=O)C(C)NS(=O)(=O)c1ccc(N)c(Br)c1. The van der Waals surface area contributed by atoms with E-state index in [4.69, 9.17) is 5.73 Å². The lowest BCUT2D eigenvalue weighted by Gasteiger charge is -2.12. The largest absolute Gasteiger partial charge is 0.468 e. The molecule has 0 radical (unpaired) electrons. The average molecular weight is 337 g/mol. The minimum absolute atomic E-state index is 0.0133. The van der Waals surface area contributed by atoms with Crippen molar-refractivity contribution in [1.82, 2.24) is 4.72 Å². The summed E-state index contributed by atoms with van der Waals surface area (Å²) in [5.41, 5.74) is 5.99. The molecule has 8 heteroatoms. The maximum atomic E-state index is 11.9. The minimum atomic E-state index is -3.79. The summed E-state index contributed by atoms with van der Waals surface area (Å²) in [4.78, 5) is 11.2.